The Labute approximate surface area is 241 Å². The van der Waals surface area contributed by atoms with Gasteiger partial charge in [-0.1, -0.05) is 48.2 Å². The van der Waals surface area contributed by atoms with Crippen LogP contribution in [-0.4, -0.2) is 64.5 Å². The van der Waals surface area contributed by atoms with Crippen LogP contribution in [0.5, 0.6) is 11.5 Å². The maximum Gasteiger partial charge on any atom is 0.258 e. The number of aromatic amines is 1. The lowest BCUT2D eigenvalue weighted by molar-refractivity contribution is 0.168. The van der Waals surface area contributed by atoms with Gasteiger partial charge in [0, 0.05) is 51.1 Å². The summed E-state index contributed by atoms with van der Waals surface area (Å²) in [4.78, 5) is 30.0. The normalized spacial score (nSPS) is 14.1. The third-order valence-corrected chi connectivity index (χ3v) is 8.07. The van der Waals surface area contributed by atoms with Crippen molar-refractivity contribution in [2.75, 3.05) is 39.8 Å². The molecule has 6 rings (SSSR count). The van der Waals surface area contributed by atoms with Crippen LogP contribution in [0.4, 0.5) is 4.39 Å². The molecular weight excluding hydrogens is 537 g/mol. The Balaban J connectivity index is 1.17. The molecule has 0 amide bonds. The van der Waals surface area contributed by atoms with Gasteiger partial charge >= 0.3 is 0 Å². The number of fused-ring (bicyclic) bond motifs is 1. The summed E-state index contributed by atoms with van der Waals surface area (Å²) in [6.07, 6.45) is 3.63. The van der Waals surface area contributed by atoms with Crippen LogP contribution in [0, 0.1) is 17.7 Å². The fourth-order valence-corrected chi connectivity index (χ4v) is 5.63. The molecule has 1 aliphatic rings. The lowest BCUT2D eigenvalue weighted by atomic mass is 10.1. The van der Waals surface area contributed by atoms with E-state index in [1.807, 2.05) is 36.4 Å². The summed E-state index contributed by atoms with van der Waals surface area (Å²) >= 11 is 1.48. The Morgan fingerprint density at radius 3 is 2.63 bits per heavy atom. The number of hydrogen-bond acceptors (Lipinski definition) is 7. The molecule has 0 aliphatic carbocycles. The van der Waals surface area contributed by atoms with Crippen molar-refractivity contribution >= 4 is 21.6 Å². The SMILES string of the molecule is CN1CCN(CC#Cc2cc3nccc(Oc4ccc(-c5cnc(Cc6ccccc6)[nH]c5=O)cc4F)c3s2)CC1. The maximum atomic E-state index is 15.2. The van der Waals surface area contributed by atoms with E-state index >= 15 is 4.39 Å². The molecule has 4 heterocycles. The molecule has 1 N–H and O–H groups in total. The molecular formula is C32H28FN5O2S. The summed E-state index contributed by atoms with van der Waals surface area (Å²) in [6, 6.07) is 17.9. The summed E-state index contributed by atoms with van der Waals surface area (Å²) in [5.74, 6) is 7.05. The molecule has 0 bridgehead atoms. The minimum Gasteiger partial charge on any atom is -0.453 e. The Hall–Kier alpha value is -4.36. The predicted octanol–water partition coefficient (Wildman–Crippen LogP) is 5.17. The number of nitrogens with zero attached hydrogens (tertiary/aromatic N) is 4. The molecule has 3 aromatic heterocycles. The predicted molar refractivity (Wildman–Crippen MR) is 160 cm³/mol. The van der Waals surface area contributed by atoms with Crippen molar-refractivity contribution in [2.24, 2.45) is 0 Å². The van der Waals surface area contributed by atoms with Crippen molar-refractivity contribution in [1.29, 1.82) is 0 Å². The second-order valence-corrected chi connectivity index (χ2v) is 11.0. The van der Waals surface area contributed by atoms with E-state index in [0.29, 0.717) is 23.6 Å². The number of thiophene rings is 1. The van der Waals surface area contributed by atoms with Crippen molar-refractivity contribution in [3.8, 4) is 34.5 Å². The van der Waals surface area contributed by atoms with Gasteiger partial charge in [0.05, 0.1) is 27.2 Å². The molecule has 0 unspecified atom stereocenters. The van der Waals surface area contributed by atoms with Crippen LogP contribution in [0.25, 0.3) is 21.3 Å². The summed E-state index contributed by atoms with van der Waals surface area (Å²) in [6.45, 7) is 4.88. The standard InChI is InChI=1S/C32H28FN5O2S/c1-37-14-16-38(17-15-37)13-5-8-24-20-27-31(41-24)29(11-12-34-27)40-28-10-9-23(19-26(28)33)25-21-35-30(36-32(25)39)18-22-6-3-2-4-7-22/h2-4,6-7,9-12,19-21H,13-18H2,1H3,(H,35,36,39). The lowest BCUT2D eigenvalue weighted by Gasteiger charge is -2.30. The topological polar surface area (TPSA) is 74.3 Å². The van der Waals surface area contributed by atoms with Gasteiger partial charge in [-0.3, -0.25) is 14.7 Å². The lowest BCUT2D eigenvalue weighted by Crippen LogP contribution is -2.44. The number of halogens is 1. The number of H-pyrrole nitrogens is 1. The molecule has 7 nitrogen and oxygen atoms in total. The van der Waals surface area contributed by atoms with Crippen LogP contribution in [0.3, 0.4) is 0 Å². The van der Waals surface area contributed by atoms with Gasteiger partial charge < -0.3 is 14.6 Å². The number of pyridine rings is 1. The van der Waals surface area contributed by atoms with E-state index in [1.165, 1.54) is 29.7 Å². The van der Waals surface area contributed by atoms with E-state index in [0.717, 1.165) is 53.4 Å². The number of rotatable bonds is 6. The molecule has 2 aromatic carbocycles. The molecule has 0 radical (unpaired) electrons. The van der Waals surface area contributed by atoms with Crippen LogP contribution in [-0.2, 0) is 6.42 Å². The zero-order chi connectivity index (χ0) is 28.2. The Bertz CT molecular complexity index is 1800. The first-order valence-corrected chi connectivity index (χ1v) is 14.2. The van der Waals surface area contributed by atoms with Crippen LogP contribution in [0.1, 0.15) is 16.3 Å². The van der Waals surface area contributed by atoms with Gasteiger partial charge in [-0.2, -0.15) is 0 Å². The zero-order valence-electron chi connectivity index (χ0n) is 22.6. The van der Waals surface area contributed by atoms with Gasteiger partial charge in [-0.05, 0) is 36.4 Å². The first-order valence-electron chi connectivity index (χ1n) is 13.4. The van der Waals surface area contributed by atoms with Gasteiger partial charge in [-0.15, -0.1) is 11.3 Å². The fourth-order valence-electron chi connectivity index (χ4n) is 4.69. The Morgan fingerprint density at radius 2 is 1.85 bits per heavy atom. The van der Waals surface area contributed by atoms with E-state index in [-0.39, 0.29) is 16.9 Å². The quantitative estimate of drug-likeness (QED) is 0.287. The van der Waals surface area contributed by atoms with Crippen molar-refractivity contribution in [3.63, 3.8) is 0 Å². The van der Waals surface area contributed by atoms with Crippen molar-refractivity contribution in [3.05, 3.63) is 105 Å². The second-order valence-electron chi connectivity index (χ2n) is 10.00. The van der Waals surface area contributed by atoms with E-state index in [4.69, 9.17) is 4.74 Å². The molecule has 1 aliphatic heterocycles. The van der Waals surface area contributed by atoms with Crippen molar-refractivity contribution in [1.82, 2.24) is 24.8 Å². The summed E-state index contributed by atoms with van der Waals surface area (Å²) < 4.78 is 22.0. The molecule has 0 atom stereocenters. The van der Waals surface area contributed by atoms with Gasteiger partial charge in [0.2, 0.25) is 0 Å². The van der Waals surface area contributed by atoms with Crippen molar-refractivity contribution in [2.45, 2.75) is 6.42 Å². The minimum atomic E-state index is -0.580. The van der Waals surface area contributed by atoms with Gasteiger partial charge in [0.15, 0.2) is 11.6 Å². The summed E-state index contributed by atoms with van der Waals surface area (Å²) in [7, 11) is 2.14. The number of benzene rings is 2. The fraction of sp³-hybridized carbons (Fsp3) is 0.219. The van der Waals surface area contributed by atoms with Crippen LogP contribution < -0.4 is 10.3 Å². The third kappa shape index (κ3) is 6.36. The number of hydrogen-bond donors (Lipinski definition) is 1. The Kier molecular flexibility index (Phi) is 7.87. The molecule has 206 valence electrons. The maximum absolute atomic E-state index is 15.2. The first kappa shape index (κ1) is 26.8. The molecule has 1 fully saturated rings. The highest BCUT2D eigenvalue weighted by atomic mass is 32.1. The molecule has 5 aromatic rings. The Morgan fingerprint density at radius 1 is 1.02 bits per heavy atom. The van der Waals surface area contributed by atoms with Gasteiger partial charge in [0.1, 0.15) is 11.6 Å². The number of ether oxygens (including phenoxy) is 1. The summed E-state index contributed by atoms with van der Waals surface area (Å²) in [5.41, 5.74) is 2.17. The average Bonchev–Trinajstić information content (AvgIpc) is 3.40. The highest BCUT2D eigenvalue weighted by Gasteiger charge is 2.15. The largest absolute Gasteiger partial charge is 0.453 e. The molecule has 41 heavy (non-hydrogen) atoms. The highest BCUT2D eigenvalue weighted by molar-refractivity contribution is 7.19. The van der Waals surface area contributed by atoms with Crippen LogP contribution in [0.2, 0.25) is 0 Å². The van der Waals surface area contributed by atoms with Crippen molar-refractivity contribution < 1.29 is 9.13 Å². The van der Waals surface area contributed by atoms with E-state index < -0.39 is 5.82 Å². The minimum absolute atomic E-state index is 0.0578. The molecule has 9 heteroatoms. The van der Waals surface area contributed by atoms with Crippen LogP contribution in [0.15, 0.2) is 77.9 Å². The monoisotopic (exact) mass is 565 g/mol. The number of likely N-dealkylation sites (N-methyl/N-ethyl adjacent to an activating group) is 1. The van der Waals surface area contributed by atoms with Gasteiger partial charge in [-0.25, -0.2) is 9.37 Å². The number of piperazine rings is 1. The average molecular weight is 566 g/mol. The van der Waals surface area contributed by atoms with Gasteiger partial charge in [0.25, 0.3) is 5.56 Å². The number of aromatic nitrogens is 3. The van der Waals surface area contributed by atoms with E-state index in [2.05, 4.69) is 43.6 Å². The second kappa shape index (κ2) is 12.0. The highest BCUT2D eigenvalue weighted by Crippen LogP contribution is 2.36. The number of nitrogens with one attached hydrogen (secondary N) is 1. The third-order valence-electron chi connectivity index (χ3n) is 7.02. The molecule has 0 saturated carbocycles. The van der Waals surface area contributed by atoms with E-state index in [1.54, 1.807) is 18.3 Å². The summed E-state index contributed by atoms with van der Waals surface area (Å²) in [5, 5.41) is 0. The first-order chi connectivity index (χ1) is 20.0. The van der Waals surface area contributed by atoms with E-state index in [9.17, 15) is 4.79 Å². The molecule has 0 spiro atoms. The molecule has 1 saturated heterocycles. The smallest absolute Gasteiger partial charge is 0.258 e. The zero-order valence-corrected chi connectivity index (χ0v) is 23.4. The van der Waals surface area contributed by atoms with Crippen LogP contribution >= 0.6 is 11.3 Å².